The molecule has 0 aliphatic carbocycles. The molecule has 4 heterocycles. The van der Waals surface area contributed by atoms with Crippen LogP contribution in [0.2, 0.25) is 0 Å². The van der Waals surface area contributed by atoms with Crippen molar-refractivity contribution in [1.82, 2.24) is 29.5 Å². The molecule has 0 bridgehead atoms. The summed E-state index contributed by atoms with van der Waals surface area (Å²) in [4.78, 5) is 28.2. The number of rotatable bonds is 2. The van der Waals surface area contributed by atoms with E-state index in [1.54, 1.807) is 16.8 Å². The Morgan fingerprint density at radius 1 is 1.12 bits per heavy atom. The highest BCUT2D eigenvalue weighted by Gasteiger charge is 2.28. The number of hydrogen-bond donors (Lipinski definition) is 0. The summed E-state index contributed by atoms with van der Waals surface area (Å²) in [5.74, 6) is 0.178. The molecule has 26 heavy (non-hydrogen) atoms. The first-order valence-corrected chi connectivity index (χ1v) is 8.93. The largest absolute Gasteiger partial charge is 0.337 e. The lowest BCUT2D eigenvalue weighted by Crippen LogP contribution is -2.39. The Balaban J connectivity index is 1.59. The molecule has 1 unspecified atom stereocenters. The van der Waals surface area contributed by atoms with Gasteiger partial charge in [-0.05, 0) is 39.7 Å². The van der Waals surface area contributed by atoms with E-state index in [9.17, 15) is 4.79 Å². The summed E-state index contributed by atoms with van der Waals surface area (Å²) in [6.07, 6.45) is 5.54. The normalized spacial score (nSPS) is 17.7. The van der Waals surface area contributed by atoms with E-state index in [-0.39, 0.29) is 11.8 Å². The summed E-state index contributed by atoms with van der Waals surface area (Å²) in [6, 6.07) is 3.74. The van der Waals surface area contributed by atoms with Crippen LogP contribution >= 0.6 is 0 Å². The Morgan fingerprint density at radius 2 is 1.96 bits per heavy atom. The van der Waals surface area contributed by atoms with E-state index in [0.29, 0.717) is 17.9 Å². The first-order chi connectivity index (χ1) is 12.5. The van der Waals surface area contributed by atoms with Gasteiger partial charge >= 0.3 is 0 Å². The predicted octanol–water partition coefficient (Wildman–Crippen LogP) is 2.46. The maximum atomic E-state index is 13.0. The first kappa shape index (κ1) is 16.6. The van der Waals surface area contributed by atoms with Crippen LogP contribution in [0.5, 0.6) is 0 Å². The predicted molar refractivity (Wildman–Crippen MR) is 97.1 cm³/mol. The quantitative estimate of drug-likeness (QED) is 0.710. The van der Waals surface area contributed by atoms with Gasteiger partial charge in [0.2, 0.25) is 0 Å². The molecule has 1 aliphatic rings. The molecule has 3 aromatic heterocycles. The molecule has 0 N–H and O–H groups in total. The van der Waals surface area contributed by atoms with Crippen molar-refractivity contribution in [1.29, 1.82) is 0 Å². The number of nitrogens with zero attached hydrogens (tertiary/aromatic N) is 6. The average molecular weight is 350 g/mol. The van der Waals surface area contributed by atoms with Gasteiger partial charge in [-0.25, -0.2) is 9.50 Å². The number of aryl methyl sites for hydroxylation is 3. The van der Waals surface area contributed by atoms with Crippen LogP contribution in [0.25, 0.3) is 5.65 Å². The van der Waals surface area contributed by atoms with Crippen LogP contribution in [-0.4, -0.2) is 48.5 Å². The lowest BCUT2D eigenvalue weighted by atomic mass is 9.94. The molecular weight excluding hydrogens is 328 g/mol. The van der Waals surface area contributed by atoms with Crippen LogP contribution in [0.4, 0.5) is 0 Å². The smallest absolute Gasteiger partial charge is 0.274 e. The summed E-state index contributed by atoms with van der Waals surface area (Å²) in [5, 5.41) is 4.48. The third kappa shape index (κ3) is 3.05. The van der Waals surface area contributed by atoms with E-state index in [4.69, 9.17) is 0 Å². The second kappa shape index (κ2) is 6.48. The van der Waals surface area contributed by atoms with Crippen molar-refractivity contribution in [3.63, 3.8) is 0 Å². The van der Waals surface area contributed by atoms with E-state index >= 15 is 0 Å². The topological polar surface area (TPSA) is 76.3 Å². The molecule has 0 spiro atoms. The van der Waals surface area contributed by atoms with Crippen LogP contribution in [-0.2, 0) is 0 Å². The summed E-state index contributed by atoms with van der Waals surface area (Å²) in [7, 11) is 0. The van der Waals surface area contributed by atoms with Gasteiger partial charge in [0.1, 0.15) is 0 Å². The van der Waals surface area contributed by atoms with Gasteiger partial charge in [0.05, 0.1) is 11.4 Å². The fourth-order valence-electron chi connectivity index (χ4n) is 3.64. The first-order valence-electron chi connectivity index (χ1n) is 8.93. The fourth-order valence-corrected chi connectivity index (χ4v) is 3.64. The monoisotopic (exact) mass is 350 g/mol. The van der Waals surface area contributed by atoms with Crippen molar-refractivity contribution < 1.29 is 4.79 Å². The molecule has 0 radical (unpaired) electrons. The van der Waals surface area contributed by atoms with Crippen LogP contribution in [0.3, 0.4) is 0 Å². The van der Waals surface area contributed by atoms with Crippen molar-refractivity contribution in [2.24, 2.45) is 0 Å². The molecule has 134 valence electrons. The Hall–Kier alpha value is -2.83. The molecule has 1 atom stereocenters. The molecule has 0 aromatic carbocycles. The van der Waals surface area contributed by atoms with Gasteiger partial charge in [0.25, 0.3) is 5.91 Å². The van der Waals surface area contributed by atoms with Gasteiger partial charge < -0.3 is 4.90 Å². The number of fused-ring (bicyclic) bond motifs is 1. The maximum Gasteiger partial charge on any atom is 0.274 e. The van der Waals surface area contributed by atoms with Gasteiger partial charge in [0, 0.05) is 48.9 Å². The van der Waals surface area contributed by atoms with Crippen LogP contribution in [0, 0.1) is 20.8 Å². The second-order valence-electron chi connectivity index (χ2n) is 7.01. The lowest BCUT2D eigenvalue weighted by molar-refractivity contribution is 0.0699. The summed E-state index contributed by atoms with van der Waals surface area (Å²) >= 11 is 0. The highest BCUT2D eigenvalue weighted by molar-refractivity contribution is 5.93. The molecule has 1 aliphatic heterocycles. The van der Waals surface area contributed by atoms with Crippen LogP contribution in [0.15, 0.2) is 24.5 Å². The molecule has 7 heteroatoms. The van der Waals surface area contributed by atoms with Gasteiger partial charge in [-0.3, -0.25) is 14.8 Å². The van der Waals surface area contributed by atoms with Gasteiger partial charge in [0.15, 0.2) is 11.3 Å². The van der Waals surface area contributed by atoms with Gasteiger partial charge in [-0.2, -0.15) is 5.10 Å². The Bertz CT molecular complexity index is 979. The molecular formula is C19H22N6O. The SMILES string of the molecule is Cc1cncc(C2CCCN(C(=O)c3cc4nc(C)cc(C)n4n3)C2)n1. The summed E-state index contributed by atoms with van der Waals surface area (Å²) < 4.78 is 1.73. The zero-order valence-electron chi connectivity index (χ0n) is 15.3. The molecule has 3 aromatic rings. The summed E-state index contributed by atoms with van der Waals surface area (Å²) in [5.41, 5.74) is 4.92. The van der Waals surface area contributed by atoms with Crippen molar-refractivity contribution in [3.8, 4) is 0 Å². The van der Waals surface area contributed by atoms with Crippen molar-refractivity contribution in [2.75, 3.05) is 13.1 Å². The molecule has 1 amide bonds. The zero-order chi connectivity index (χ0) is 18.3. The van der Waals surface area contributed by atoms with Gasteiger partial charge in [-0.1, -0.05) is 0 Å². The number of aromatic nitrogens is 5. The van der Waals surface area contributed by atoms with E-state index in [1.165, 1.54) is 0 Å². The maximum absolute atomic E-state index is 13.0. The number of piperidine rings is 1. The number of carbonyl (C=O) groups excluding carboxylic acids is 1. The molecule has 4 rings (SSSR count). The van der Waals surface area contributed by atoms with E-state index in [0.717, 1.165) is 42.2 Å². The van der Waals surface area contributed by atoms with Crippen molar-refractivity contribution in [3.05, 3.63) is 53.0 Å². The standard InChI is InChI=1S/C19H22N6O/c1-12-7-14(3)25-18(22-12)8-16(23-25)19(26)24-6-4-5-15(11-24)17-10-20-9-13(2)21-17/h7-10,15H,4-6,11H2,1-3H3. The summed E-state index contributed by atoms with van der Waals surface area (Å²) in [6.45, 7) is 7.25. The third-order valence-corrected chi connectivity index (χ3v) is 4.85. The Labute approximate surface area is 152 Å². The minimum absolute atomic E-state index is 0.0436. The number of hydrogen-bond acceptors (Lipinski definition) is 5. The average Bonchev–Trinajstić information content (AvgIpc) is 3.05. The highest BCUT2D eigenvalue weighted by Crippen LogP contribution is 2.26. The Kier molecular flexibility index (Phi) is 4.14. The second-order valence-corrected chi connectivity index (χ2v) is 7.01. The molecule has 1 fully saturated rings. The van der Waals surface area contributed by atoms with Crippen molar-refractivity contribution in [2.45, 2.75) is 39.5 Å². The zero-order valence-corrected chi connectivity index (χ0v) is 15.3. The Morgan fingerprint density at radius 3 is 2.77 bits per heavy atom. The van der Waals surface area contributed by atoms with E-state index in [1.807, 2.05) is 37.9 Å². The van der Waals surface area contributed by atoms with E-state index < -0.39 is 0 Å². The van der Waals surface area contributed by atoms with Gasteiger partial charge in [-0.15, -0.1) is 0 Å². The third-order valence-electron chi connectivity index (χ3n) is 4.85. The number of carbonyl (C=O) groups is 1. The minimum Gasteiger partial charge on any atom is -0.337 e. The van der Waals surface area contributed by atoms with Crippen LogP contribution < -0.4 is 0 Å². The molecule has 7 nitrogen and oxygen atoms in total. The molecule has 1 saturated heterocycles. The van der Waals surface area contributed by atoms with Crippen molar-refractivity contribution >= 4 is 11.6 Å². The molecule has 0 saturated carbocycles. The van der Waals surface area contributed by atoms with E-state index in [2.05, 4.69) is 20.1 Å². The highest BCUT2D eigenvalue weighted by atomic mass is 16.2. The van der Waals surface area contributed by atoms with Crippen LogP contribution in [0.1, 0.15) is 52.0 Å². The number of likely N-dealkylation sites (tertiary alicyclic amines) is 1. The lowest BCUT2D eigenvalue weighted by Gasteiger charge is -2.32. The number of amides is 1. The fraction of sp³-hybridized carbons (Fsp3) is 0.421. The minimum atomic E-state index is -0.0436.